The number of methoxy groups -OCH3 is 1. The lowest BCUT2D eigenvalue weighted by atomic mass is 10.1. The summed E-state index contributed by atoms with van der Waals surface area (Å²) in [5.41, 5.74) is 0.548. The third kappa shape index (κ3) is 4.22. The van der Waals surface area contributed by atoms with Crippen molar-refractivity contribution in [3.63, 3.8) is 0 Å². The summed E-state index contributed by atoms with van der Waals surface area (Å²) in [4.78, 5) is 22.2. The van der Waals surface area contributed by atoms with Crippen LogP contribution in [-0.2, 0) is 4.74 Å². The molecule has 0 aliphatic carbocycles. The van der Waals surface area contributed by atoms with Crippen molar-refractivity contribution < 1.29 is 14.5 Å². The Labute approximate surface area is 111 Å². The van der Waals surface area contributed by atoms with Gasteiger partial charge in [0, 0.05) is 31.8 Å². The predicted molar refractivity (Wildman–Crippen MR) is 71.5 cm³/mol. The molecule has 0 saturated heterocycles. The van der Waals surface area contributed by atoms with E-state index in [1.54, 1.807) is 6.07 Å². The monoisotopic (exact) mass is 267 g/mol. The number of benzene rings is 1. The van der Waals surface area contributed by atoms with Gasteiger partial charge in [-0.05, 0) is 19.1 Å². The summed E-state index contributed by atoms with van der Waals surface area (Å²) in [7, 11) is 1.53. The Morgan fingerprint density at radius 3 is 2.79 bits per heavy atom. The van der Waals surface area contributed by atoms with Gasteiger partial charge in [-0.2, -0.15) is 0 Å². The molecule has 0 saturated carbocycles. The second kappa shape index (κ2) is 7.32. The van der Waals surface area contributed by atoms with Crippen molar-refractivity contribution in [3.8, 4) is 0 Å². The van der Waals surface area contributed by atoms with Gasteiger partial charge in [-0.15, -0.1) is 0 Å². The molecular formula is C12H17N3O4. The first-order valence-corrected chi connectivity index (χ1v) is 5.89. The predicted octanol–water partition coefficient (Wildman–Crippen LogP) is 1.40. The van der Waals surface area contributed by atoms with Crippen molar-refractivity contribution in [3.05, 3.63) is 33.9 Å². The quantitative estimate of drug-likeness (QED) is 0.442. The smallest absolute Gasteiger partial charge is 0.293 e. The van der Waals surface area contributed by atoms with Crippen LogP contribution >= 0.6 is 0 Å². The second-order valence-electron chi connectivity index (χ2n) is 3.77. The molecule has 7 nitrogen and oxygen atoms in total. The van der Waals surface area contributed by atoms with Crippen LogP contribution in [-0.4, -0.2) is 37.6 Å². The molecule has 0 aromatic heterocycles. The molecule has 1 rings (SSSR count). The van der Waals surface area contributed by atoms with Gasteiger partial charge in [-0.3, -0.25) is 14.9 Å². The van der Waals surface area contributed by atoms with Gasteiger partial charge in [-0.25, -0.2) is 0 Å². The Kier molecular flexibility index (Phi) is 5.74. The molecule has 0 unspecified atom stereocenters. The molecule has 0 aliphatic rings. The number of nitrogens with one attached hydrogen (secondary N) is 2. The first-order valence-electron chi connectivity index (χ1n) is 5.89. The lowest BCUT2D eigenvalue weighted by molar-refractivity contribution is -0.384. The lowest BCUT2D eigenvalue weighted by Gasteiger charge is -2.07. The van der Waals surface area contributed by atoms with Gasteiger partial charge in [0.05, 0.1) is 11.5 Å². The molecule has 0 atom stereocenters. The van der Waals surface area contributed by atoms with Gasteiger partial charge in [0.15, 0.2) is 0 Å². The van der Waals surface area contributed by atoms with Crippen LogP contribution in [0.15, 0.2) is 18.2 Å². The Morgan fingerprint density at radius 2 is 2.21 bits per heavy atom. The van der Waals surface area contributed by atoms with E-state index in [-0.39, 0.29) is 17.2 Å². The molecule has 0 aliphatic heterocycles. The highest BCUT2D eigenvalue weighted by molar-refractivity contribution is 5.95. The van der Waals surface area contributed by atoms with Crippen molar-refractivity contribution in [1.82, 2.24) is 5.32 Å². The van der Waals surface area contributed by atoms with E-state index in [1.165, 1.54) is 19.2 Å². The zero-order valence-corrected chi connectivity index (χ0v) is 10.9. The standard InChI is InChI=1S/C12H17N3O4/c1-3-13-10-5-4-9(8-11(10)15(17)18)12(16)14-6-7-19-2/h4-5,8,13H,3,6-7H2,1-2H3,(H,14,16). The molecule has 0 spiro atoms. The van der Waals surface area contributed by atoms with Gasteiger partial charge in [0.25, 0.3) is 11.6 Å². The van der Waals surface area contributed by atoms with E-state index in [0.29, 0.717) is 25.4 Å². The summed E-state index contributed by atoms with van der Waals surface area (Å²) in [6, 6.07) is 4.35. The first kappa shape index (κ1) is 14.9. The average molecular weight is 267 g/mol. The zero-order chi connectivity index (χ0) is 14.3. The van der Waals surface area contributed by atoms with Crippen LogP contribution in [0.4, 0.5) is 11.4 Å². The highest BCUT2D eigenvalue weighted by Gasteiger charge is 2.16. The number of hydrogen-bond donors (Lipinski definition) is 2. The van der Waals surface area contributed by atoms with E-state index in [4.69, 9.17) is 4.74 Å². The third-order valence-electron chi connectivity index (χ3n) is 2.42. The molecule has 1 amide bonds. The van der Waals surface area contributed by atoms with E-state index < -0.39 is 4.92 Å². The zero-order valence-electron chi connectivity index (χ0n) is 10.9. The summed E-state index contributed by atoms with van der Waals surface area (Å²) in [5.74, 6) is -0.358. The lowest BCUT2D eigenvalue weighted by Crippen LogP contribution is -2.27. The number of nitrogens with zero attached hydrogens (tertiary/aromatic N) is 1. The minimum absolute atomic E-state index is 0.110. The molecule has 104 valence electrons. The van der Waals surface area contributed by atoms with E-state index >= 15 is 0 Å². The van der Waals surface area contributed by atoms with Crippen molar-refractivity contribution in [1.29, 1.82) is 0 Å². The van der Waals surface area contributed by atoms with Crippen LogP contribution in [0.2, 0.25) is 0 Å². The number of amides is 1. The fourth-order valence-electron chi connectivity index (χ4n) is 1.53. The molecule has 7 heteroatoms. The number of nitro groups is 1. The number of nitro benzene ring substituents is 1. The SMILES string of the molecule is CCNc1ccc(C(=O)NCCOC)cc1[N+](=O)[O-]. The molecule has 0 radical (unpaired) electrons. The maximum absolute atomic E-state index is 11.8. The van der Waals surface area contributed by atoms with Crippen LogP contribution < -0.4 is 10.6 Å². The van der Waals surface area contributed by atoms with Gasteiger partial charge < -0.3 is 15.4 Å². The van der Waals surface area contributed by atoms with Gasteiger partial charge in [-0.1, -0.05) is 0 Å². The number of carbonyl (C=O) groups excluding carboxylic acids is 1. The van der Waals surface area contributed by atoms with Gasteiger partial charge >= 0.3 is 0 Å². The summed E-state index contributed by atoms with van der Waals surface area (Å²) < 4.78 is 4.81. The molecule has 0 bridgehead atoms. The van der Waals surface area contributed by atoms with Crippen LogP contribution in [0.3, 0.4) is 0 Å². The molecule has 1 aromatic rings. The van der Waals surface area contributed by atoms with Crippen molar-refractivity contribution in [2.75, 3.05) is 32.1 Å². The maximum atomic E-state index is 11.8. The Morgan fingerprint density at radius 1 is 1.47 bits per heavy atom. The number of anilines is 1. The average Bonchev–Trinajstić information content (AvgIpc) is 2.39. The number of ether oxygens (including phenoxy) is 1. The Balaban J connectivity index is 2.88. The Bertz CT molecular complexity index is 462. The largest absolute Gasteiger partial charge is 0.383 e. The summed E-state index contributed by atoms with van der Waals surface area (Å²) >= 11 is 0. The first-order chi connectivity index (χ1) is 9.10. The minimum Gasteiger partial charge on any atom is -0.383 e. The van der Waals surface area contributed by atoms with E-state index in [0.717, 1.165) is 0 Å². The summed E-state index contributed by atoms with van der Waals surface area (Å²) in [6.45, 7) is 3.16. The fraction of sp³-hybridized carbons (Fsp3) is 0.417. The molecule has 2 N–H and O–H groups in total. The van der Waals surface area contributed by atoms with Crippen LogP contribution in [0.1, 0.15) is 17.3 Å². The van der Waals surface area contributed by atoms with E-state index in [9.17, 15) is 14.9 Å². The fourth-order valence-corrected chi connectivity index (χ4v) is 1.53. The highest BCUT2D eigenvalue weighted by Crippen LogP contribution is 2.25. The number of rotatable bonds is 7. The third-order valence-corrected chi connectivity index (χ3v) is 2.42. The molecule has 1 aromatic carbocycles. The van der Waals surface area contributed by atoms with Crippen LogP contribution in [0.25, 0.3) is 0 Å². The van der Waals surface area contributed by atoms with E-state index in [1.807, 2.05) is 6.92 Å². The van der Waals surface area contributed by atoms with Gasteiger partial charge in [0.1, 0.15) is 5.69 Å². The summed E-state index contributed by atoms with van der Waals surface area (Å²) in [6.07, 6.45) is 0. The second-order valence-corrected chi connectivity index (χ2v) is 3.77. The van der Waals surface area contributed by atoms with Crippen molar-refractivity contribution in [2.45, 2.75) is 6.92 Å². The topological polar surface area (TPSA) is 93.5 Å². The summed E-state index contributed by atoms with van der Waals surface area (Å²) in [5, 5.41) is 16.4. The number of hydrogen-bond acceptors (Lipinski definition) is 5. The molecule has 19 heavy (non-hydrogen) atoms. The highest BCUT2D eigenvalue weighted by atomic mass is 16.6. The maximum Gasteiger partial charge on any atom is 0.293 e. The number of carbonyl (C=O) groups is 1. The van der Waals surface area contributed by atoms with Crippen LogP contribution in [0, 0.1) is 10.1 Å². The van der Waals surface area contributed by atoms with E-state index in [2.05, 4.69) is 10.6 Å². The minimum atomic E-state index is -0.510. The molecule has 0 fully saturated rings. The molecule has 0 heterocycles. The van der Waals surface area contributed by atoms with Crippen LogP contribution in [0.5, 0.6) is 0 Å². The molecular weight excluding hydrogens is 250 g/mol. The van der Waals surface area contributed by atoms with Crippen molar-refractivity contribution >= 4 is 17.3 Å². The van der Waals surface area contributed by atoms with Crippen molar-refractivity contribution in [2.24, 2.45) is 0 Å². The van der Waals surface area contributed by atoms with Gasteiger partial charge in [0.2, 0.25) is 0 Å². The normalized spacial score (nSPS) is 10.0. The Hall–Kier alpha value is -2.15.